The molecule has 1 aliphatic rings. The van der Waals surface area contributed by atoms with Crippen molar-refractivity contribution in [2.24, 2.45) is 5.92 Å². The predicted molar refractivity (Wildman–Crippen MR) is 88.6 cm³/mol. The first kappa shape index (κ1) is 16.5. The summed E-state index contributed by atoms with van der Waals surface area (Å²) < 4.78 is 0. The number of unbranched alkanes of at least 4 members (excludes halogenated alkanes) is 1. The van der Waals surface area contributed by atoms with Crippen LogP contribution >= 0.6 is 0 Å². The lowest BCUT2D eigenvalue weighted by Gasteiger charge is -2.31. The van der Waals surface area contributed by atoms with Crippen LogP contribution in [-0.2, 0) is 9.59 Å². The van der Waals surface area contributed by atoms with Crippen LogP contribution in [0, 0.1) is 12.8 Å². The Balaban J connectivity index is 1.81. The van der Waals surface area contributed by atoms with Crippen molar-refractivity contribution in [1.82, 2.24) is 4.90 Å². The van der Waals surface area contributed by atoms with Crippen LogP contribution in [0.4, 0.5) is 5.69 Å². The fourth-order valence-corrected chi connectivity index (χ4v) is 2.84. The van der Waals surface area contributed by atoms with Gasteiger partial charge in [-0.2, -0.15) is 0 Å². The van der Waals surface area contributed by atoms with E-state index in [0.29, 0.717) is 19.5 Å². The van der Waals surface area contributed by atoms with Crippen LogP contribution in [0.25, 0.3) is 0 Å². The van der Waals surface area contributed by atoms with E-state index < -0.39 is 0 Å². The number of aryl methyl sites for hydroxylation is 1. The molecule has 0 bridgehead atoms. The molecule has 120 valence electrons. The van der Waals surface area contributed by atoms with Gasteiger partial charge in [-0.25, -0.2) is 0 Å². The summed E-state index contributed by atoms with van der Waals surface area (Å²) in [6.07, 6.45) is 4.15. The van der Waals surface area contributed by atoms with E-state index in [4.69, 9.17) is 0 Å². The Bertz CT molecular complexity index is 520. The number of nitrogens with zero attached hydrogens (tertiary/aromatic N) is 1. The summed E-state index contributed by atoms with van der Waals surface area (Å²) in [6.45, 7) is 5.51. The molecular weight excluding hydrogens is 276 g/mol. The smallest absolute Gasteiger partial charge is 0.227 e. The first-order valence-corrected chi connectivity index (χ1v) is 8.25. The lowest BCUT2D eigenvalue weighted by molar-refractivity contribution is -0.134. The molecule has 0 aromatic heterocycles. The van der Waals surface area contributed by atoms with E-state index in [1.165, 1.54) is 0 Å². The Kier molecular flexibility index (Phi) is 5.99. The number of anilines is 1. The number of nitrogens with one attached hydrogen (secondary N) is 1. The molecule has 4 heteroatoms. The van der Waals surface area contributed by atoms with E-state index in [1.54, 1.807) is 0 Å². The van der Waals surface area contributed by atoms with Crippen molar-refractivity contribution >= 4 is 17.5 Å². The zero-order chi connectivity index (χ0) is 15.9. The third-order valence-electron chi connectivity index (χ3n) is 4.25. The molecule has 22 heavy (non-hydrogen) atoms. The molecule has 1 aromatic carbocycles. The molecule has 1 fully saturated rings. The van der Waals surface area contributed by atoms with E-state index in [0.717, 1.165) is 36.9 Å². The fourth-order valence-electron chi connectivity index (χ4n) is 2.84. The lowest BCUT2D eigenvalue weighted by atomic mass is 9.95. The van der Waals surface area contributed by atoms with Gasteiger partial charge < -0.3 is 10.2 Å². The summed E-state index contributed by atoms with van der Waals surface area (Å²) in [5.41, 5.74) is 1.99. The molecular formula is C18H26N2O2. The van der Waals surface area contributed by atoms with Crippen LogP contribution in [0.5, 0.6) is 0 Å². The Morgan fingerprint density at radius 1 is 1.27 bits per heavy atom. The van der Waals surface area contributed by atoms with Crippen LogP contribution in [0.2, 0.25) is 0 Å². The maximum atomic E-state index is 12.3. The molecule has 2 rings (SSSR count). The number of hydrogen-bond donors (Lipinski definition) is 1. The second-order valence-electron chi connectivity index (χ2n) is 6.12. The van der Waals surface area contributed by atoms with Gasteiger partial charge >= 0.3 is 0 Å². The molecule has 0 unspecified atom stereocenters. The highest BCUT2D eigenvalue weighted by atomic mass is 16.2. The van der Waals surface area contributed by atoms with Crippen molar-refractivity contribution in [3.8, 4) is 0 Å². The number of benzene rings is 1. The molecule has 0 aliphatic carbocycles. The number of rotatable bonds is 5. The second kappa shape index (κ2) is 7.97. The van der Waals surface area contributed by atoms with Crippen molar-refractivity contribution in [3.05, 3.63) is 29.8 Å². The molecule has 2 amide bonds. The van der Waals surface area contributed by atoms with E-state index in [1.807, 2.05) is 36.1 Å². The molecule has 4 nitrogen and oxygen atoms in total. The van der Waals surface area contributed by atoms with Crippen molar-refractivity contribution in [2.45, 2.75) is 46.0 Å². The van der Waals surface area contributed by atoms with E-state index in [-0.39, 0.29) is 17.7 Å². The Morgan fingerprint density at radius 3 is 2.64 bits per heavy atom. The van der Waals surface area contributed by atoms with Gasteiger partial charge in [0.15, 0.2) is 0 Å². The number of carbonyl (C=O) groups is 2. The molecule has 1 aromatic rings. The molecule has 0 spiro atoms. The molecule has 1 saturated heterocycles. The van der Waals surface area contributed by atoms with Gasteiger partial charge in [0, 0.05) is 31.1 Å². The molecule has 0 radical (unpaired) electrons. The average Bonchev–Trinajstić information content (AvgIpc) is 2.52. The largest absolute Gasteiger partial charge is 0.343 e. The van der Waals surface area contributed by atoms with Gasteiger partial charge in [-0.15, -0.1) is 0 Å². The maximum absolute atomic E-state index is 12.3. The van der Waals surface area contributed by atoms with Gasteiger partial charge in [-0.1, -0.05) is 25.5 Å². The van der Waals surface area contributed by atoms with Crippen molar-refractivity contribution in [2.75, 3.05) is 18.4 Å². The SMILES string of the molecule is CCCCC(=O)N1CCC(C(=O)Nc2cccc(C)c2)CC1. The van der Waals surface area contributed by atoms with Crippen LogP contribution in [0.15, 0.2) is 24.3 Å². The maximum Gasteiger partial charge on any atom is 0.227 e. The van der Waals surface area contributed by atoms with Gasteiger partial charge in [-0.05, 0) is 43.9 Å². The van der Waals surface area contributed by atoms with E-state index >= 15 is 0 Å². The normalized spacial score (nSPS) is 15.6. The Labute approximate surface area is 132 Å². The van der Waals surface area contributed by atoms with Gasteiger partial charge in [0.1, 0.15) is 0 Å². The predicted octanol–water partition coefficient (Wildman–Crippen LogP) is 3.36. The van der Waals surface area contributed by atoms with Crippen molar-refractivity contribution < 1.29 is 9.59 Å². The third kappa shape index (κ3) is 4.58. The number of carbonyl (C=O) groups excluding carboxylic acids is 2. The molecule has 0 atom stereocenters. The number of piperidine rings is 1. The third-order valence-corrected chi connectivity index (χ3v) is 4.25. The Hall–Kier alpha value is -1.84. The molecule has 1 N–H and O–H groups in total. The highest BCUT2D eigenvalue weighted by molar-refractivity contribution is 5.92. The molecule has 1 heterocycles. The Morgan fingerprint density at radius 2 is 2.00 bits per heavy atom. The number of amides is 2. The van der Waals surface area contributed by atoms with Crippen molar-refractivity contribution in [3.63, 3.8) is 0 Å². The zero-order valence-corrected chi connectivity index (χ0v) is 13.6. The number of likely N-dealkylation sites (tertiary alicyclic amines) is 1. The molecule has 1 aliphatic heterocycles. The van der Waals surface area contributed by atoms with Crippen LogP contribution in [0.1, 0.15) is 44.6 Å². The first-order chi connectivity index (χ1) is 10.6. The topological polar surface area (TPSA) is 49.4 Å². The van der Waals surface area contributed by atoms with Crippen molar-refractivity contribution in [1.29, 1.82) is 0 Å². The minimum Gasteiger partial charge on any atom is -0.343 e. The highest BCUT2D eigenvalue weighted by Crippen LogP contribution is 2.20. The van der Waals surface area contributed by atoms with Crippen LogP contribution in [-0.4, -0.2) is 29.8 Å². The molecule has 0 saturated carbocycles. The number of hydrogen-bond acceptors (Lipinski definition) is 2. The van der Waals surface area contributed by atoms with Crippen LogP contribution in [0.3, 0.4) is 0 Å². The lowest BCUT2D eigenvalue weighted by Crippen LogP contribution is -2.41. The summed E-state index contributed by atoms with van der Waals surface area (Å²) in [4.78, 5) is 26.2. The average molecular weight is 302 g/mol. The summed E-state index contributed by atoms with van der Waals surface area (Å²) in [5.74, 6) is 0.321. The minimum atomic E-state index is 0.00994. The summed E-state index contributed by atoms with van der Waals surface area (Å²) in [7, 11) is 0. The standard InChI is InChI=1S/C18H26N2O2/c1-3-4-8-17(21)20-11-9-15(10-12-20)18(22)19-16-7-5-6-14(2)13-16/h5-7,13,15H,3-4,8-12H2,1-2H3,(H,19,22). The fraction of sp³-hybridized carbons (Fsp3) is 0.556. The van der Waals surface area contributed by atoms with Gasteiger partial charge in [-0.3, -0.25) is 9.59 Å². The summed E-state index contributed by atoms with van der Waals surface area (Å²) in [5, 5.41) is 2.99. The second-order valence-corrected chi connectivity index (χ2v) is 6.12. The first-order valence-electron chi connectivity index (χ1n) is 8.25. The van der Waals surface area contributed by atoms with Gasteiger partial charge in [0.05, 0.1) is 0 Å². The zero-order valence-electron chi connectivity index (χ0n) is 13.6. The summed E-state index contributed by atoms with van der Waals surface area (Å²) in [6, 6.07) is 7.84. The monoisotopic (exact) mass is 302 g/mol. The van der Waals surface area contributed by atoms with E-state index in [9.17, 15) is 9.59 Å². The van der Waals surface area contributed by atoms with Crippen LogP contribution < -0.4 is 5.32 Å². The summed E-state index contributed by atoms with van der Waals surface area (Å²) >= 11 is 0. The minimum absolute atomic E-state index is 0.00994. The highest BCUT2D eigenvalue weighted by Gasteiger charge is 2.27. The van der Waals surface area contributed by atoms with Gasteiger partial charge in [0.2, 0.25) is 11.8 Å². The quantitative estimate of drug-likeness (QED) is 0.906. The van der Waals surface area contributed by atoms with Gasteiger partial charge in [0.25, 0.3) is 0 Å². The van der Waals surface area contributed by atoms with E-state index in [2.05, 4.69) is 12.2 Å².